The molecule has 1 heterocycles. The SMILES string of the molecule is CC(=O)O[C@H]1C[C@@]2(C)C(C(=O)CCC[C@@H]2OC(C)(C)C)[C@H](OC(C)=O)O1. The summed E-state index contributed by atoms with van der Waals surface area (Å²) >= 11 is 0. The Morgan fingerprint density at radius 2 is 1.77 bits per heavy atom. The first-order valence-corrected chi connectivity index (χ1v) is 9.13. The zero-order valence-corrected chi connectivity index (χ0v) is 16.5. The molecule has 1 aliphatic heterocycles. The Bertz CT molecular complexity index is 565. The quantitative estimate of drug-likeness (QED) is 0.706. The van der Waals surface area contributed by atoms with Gasteiger partial charge in [0, 0.05) is 32.1 Å². The number of esters is 2. The zero-order chi connectivity index (χ0) is 19.7. The van der Waals surface area contributed by atoms with Crippen molar-refractivity contribution in [3.63, 3.8) is 0 Å². The van der Waals surface area contributed by atoms with Crippen molar-refractivity contribution < 1.29 is 33.3 Å². The maximum atomic E-state index is 12.9. The molecule has 1 saturated heterocycles. The fourth-order valence-corrected chi connectivity index (χ4v) is 4.01. The van der Waals surface area contributed by atoms with Gasteiger partial charge in [0.15, 0.2) is 0 Å². The Kier molecular flexibility index (Phi) is 6.13. The van der Waals surface area contributed by atoms with Gasteiger partial charge in [0.1, 0.15) is 5.78 Å². The van der Waals surface area contributed by atoms with E-state index < -0.39 is 41.5 Å². The van der Waals surface area contributed by atoms with E-state index in [1.54, 1.807) is 0 Å². The summed E-state index contributed by atoms with van der Waals surface area (Å²) in [4.78, 5) is 35.9. The predicted molar refractivity (Wildman–Crippen MR) is 91.9 cm³/mol. The minimum atomic E-state index is -1.09. The third-order valence-electron chi connectivity index (χ3n) is 4.92. The molecule has 0 aromatic heterocycles. The fourth-order valence-electron chi connectivity index (χ4n) is 4.01. The van der Waals surface area contributed by atoms with Crippen molar-refractivity contribution in [2.45, 2.75) is 91.5 Å². The van der Waals surface area contributed by atoms with Gasteiger partial charge in [-0.1, -0.05) is 6.92 Å². The summed E-state index contributed by atoms with van der Waals surface area (Å²) in [5, 5.41) is 0. The van der Waals surface area contributed by atoms with E-state index in [4.69, 9.17) is 18.9 Å². The highest BCUT2D eigenvalue weighted by Crippen LogP contribution is 2.50. The summed E-state index contributed by atoms with van der Waals surface area (Å²) in [6.07, 6.45) is -0.154. The molecular weight excluding hydrogens is 340 g/mol. The lowest BCUT2D eigenvalue weighted by Gasteiger charge is -2.50. The van der Waals surface area contributed by atoms with Crippen LogP contribution in [-0.4, -0.2) is 42.0 Å². The predicted octanol–water partition coefficient (Wildman–Crippen LogP) is 2.74. The Labute approximate surface area is 154 Å². The van der Waals surface area contributed by atoms with Crippen LogP contribution in [0.2, 0.25) is 0 Å². The van der Waals surface area contributed by atoms with Crippen LogP contribution in [0.15, 0.2) is 0 Å². The number of rotatable bonds is 3. The van der Waals surface area contributed by atoms with Gasteiger partial charge in [-0.15, -0.1) is 0 Å². The van der Waals surface area contributed by atoms with E-state index in [1.165, 1.54) is 13.8 Å². The molecule has 0 amide bonds. The Morgan fingerprint density at radius 1 is 1.15 bits per heavy atom. The molecular formula is C19H30O7. The van der Waals surface area contributed by atoms with E-state index in [-0.39, 0.29) is 11.9 Å². The molecule has 148 valence electrons. The lowest BCUT2D eigenvalue weighted by Crippen LogP contribution is -2.57. The maximum absolute atomic E-state index is 12.9. The van der Waals surface area contributed by atoms with Crippen molar-refractivity contribution in [1.82, 2.24) is 0 Å². The second-order valence-electron chi connectivity index (χ2n) is 8.42. The standard InChI is InChI=1S/C19H30O7/c1-11(20)23-15-10-19(6)14(26-18(3,4)5)9-7-8-13(22)16(19)17(25-15)24-12(2)21/h14-17H,7-10H2,1-6H3/t14-,15+,16?,17+,19+/m0/s1. The molecule has 0 radical (unpaired) electrons. The van der Waals surface area contributed by atoms with E-state index in [2.05, 4.69) is 0 Å². The monoisotopic (exact) mass is 370 g/mol. The van der Waals surface area contributed by atoms with Crippen LogP contribution in [0.5, 0.6) is 0 Å². The molecule has 26 heavy (non-hydrogen) atoms. The van der Waals surface area contributed by atoms with Crippen LogP contribution in [0, 0.1) is 11.3 Å². The average molecular weight is 370 g/mol. The highest BCUT2D eigenvalue weighted by atomic mass is 16.8. The third kappa shape index (κ3) is 4.82. The minimum absolute atomic E-state index is 0.0139. The minimum Gasteiger partial charge on any atom is -0.436 e. The van der Waals surface area contributed by atoms with E-state index >= 15 is 0 Å². The number of carbonyl (C=O) groups excluding carboxylic acids is 3. The smallest absolute Gasteiger partial charge is 0.304 e. The number of carbonyl (C=O) groups is 3. The van der Waals surface area contributed by atoms with Crippen molar-refractivity contribution in [3.05, 3.63) is 0 Å². The summed E-state index contributed by atoms with van der Waals surface area (Å²) in [6, 6.07) is 0. The molecule has 5 atom stereocenters. The van der Waals surface area contributed by atoms with Gasteiger partial charge < -0.3 is 18.9 Å². The number of hydrogen-bond acceptors (Lipinski definition) is 7. The van der Waals surface area contributed by atoms with Gasteiger partial charge in [0.05, 0.1) is 17.6 Å². The molecule has 0 aromatic rings. The van der Waals surface area contributed by atoms with E-state index in [0.717, 1.165) is 0 Å². The van der Waals surface area contributed by atoms with Crippen LogP contribution in [0.25, 0.3) is 0 Å². The van der Waals surface area contributed by atoms with Crippen LogP contribution in [0.4, 0.5) is 0 Å². The molecule has 1 aliphatic carbocycles. The lowest BCUT2D eigenvalue weighted by atomic mass is 9.67. The van der Waals surface area contributed by atoms with Crippen LogP contribution in [0.3, 0.4) is 0 Å². The summed E-state index contributed by atoms with van der Waals surface area (Å²) in [7, 11) is 0. The van der Waals surface area contributed by atoms with Crippen LogP contribution in [-0.2, 0) is 33.3 Å². The molecule has 7 nitrogen and oxygen atoms in total. The maximum Gasteiger partial charge on any atom is 0.304 e. The Balaban J connectivity index is 2.43. The fraction of sp³-hybridized carbons (Fsp3) is 0.842. The highest BCUT2D eigenvalue weighted by Gasteiger charge is 2.57. The second kappa shape index (κ2) is 7.64. The van der Waals surface area contributed by atoms with Gasteiger partial charge >= 0.3 is 11.9 Å². The first-order valence-electron chi connectivity index (χ1n) is 9.13. The zero-order valence-electron chi connectivity index (χ0n) is 16.5. The van der Waals surface area contributed by atoms with Gasteiger partial charge in [0.25, 0.3) is 0 Å². The normalized spacial score (nSPS) is 35.2. The Hall–Kier alpha value is -1.47. The average Bonchev–Trinajstić information content (AvgIpc) is 2.53. The van der Waals surface area contributed by atoms with Crippen molar-refractivity contribution in [1.29, 1.82) is 0 Å². The topological polar surface area (TPSA) is 88.1 Å². The van der Waals surface area contributed by atoms with Gasteiger partial charge in [-0.3, -0.25) is 14.4 Å². The highest BCUT2D eigenvalue weighted by molar-refractivity contribution is 5.83. The van der Waals surface area contributed by atoms with Gasteiger partial charge in [-0.2, -0.15) is 0 Å². The summed E-state index contributed by atoms with van der Waals surface area (Å²) in [6.45, 7) is 10.4. The van der Waals surface area contributed by atoms with Gasteiger partial charge in [0.2, 0.25) is 12.6 Å². The van der Waals surface area contributed by atoms with E-state index in [0.29, 0.717) is 25.7 Å². The summed E-state index contributed by atoms with van der Waals surface area (Å²) < 4.78 is 22.5. The van der Waals surface area contributed by atoms with Crippen molar-refractivity contribution in [2.24, 2.45) is 11.3 Å². The molecule has 7 heteroatoms. The molecule has 2 aliphatic rings. The van der Waals surface area contributed by atoms with E-state index in [1.807, 2.05) is 27.7 Å². The number of Topliss-reactive ketones (excluding diaryl/α,β-unsaturated/α-hetero) is 1. The Morgan fingerprint density at radius 3 is 2.31 bits per heavy atom. The molecule has 1 unspecified atom stereocenters. The van der Waals surface area contributed by atoms with Crippen molar-refractivity contribution in [2.75, 3.05) is 0 Å². The summed E-state index contributed by atoms with van der Waals surface area (Å²) in [5.41, 5.74) is -1.09. The molecule has 0 bridgehead atoms. The first kappa shape index (κ1) is 20.8. The van der Waals surface area contributed by atoms with Gasteiger partial charge in [-0.05, 0) is 33.6 Å². The molecule has 2 rings (SSSR count). The molecule has 0 spiro atoms. The number of hydrogen-bond donors (Lipinski definition) is 0. The lowest BCUT2D eigenvalue weighted by molar-refractivity contribution is -0.306. The number of ketones is 1. The van der Waals surface area contributed by atoms with E-state index in [9.17, 15) is 14.4 Å². The van der Waals surface area contributed by atoms with Crippen LogP contribution in [0.1, 0.15) is 67.2 Å². The molecule has 1 saturated carbocycles. The van der Waals surface area contributed by atoms with Gasteiger partial charge in [-0.25, -0.2) is 0 Å². The number of ether oxygens (including phenoxy) is 4. The third-order valence-corrected chi connectivity index (χ3v) is 4.92. The van der Waals surface area contributed by atoms with Crippen LogP contribution >= 0.6 is 0 Å². The number of fused-ring (bicyclic) bond motifs is 1. The first-order chi connectivity index (χ1) is 11.9. The largest absolute Gasteiger partial charge is 0.436 e. The summed E-state index contributed by atoms with van der Waals surface area (Å²) in [5.74, 6) is -1.72. The molecule has 0 N–H and O–H groups in total. The molecule has 0 aromatic carbocycles. The molecule has 2 fully saturated rings. The van der Waals surface area contributed by atoms with Crippen molar-refractivity contribution in [3.8, 4) is 0 Å². The second-order valence-corrected chi connectivity index (χ2v) is 8.42. The van der Waals surface area contributed by atoms with Crippen molar-refractivity contribution >= 4 is 17.7 Å². The van der Waals surface area contributed by atoms with Crippen LogP contribution < -0.4 is 0 Å².